The molecular weight excluding hydrogens is 376 g/mol. The highest BCUT2D eigenvalue weighted by molar-refractivity contribution is 5.83. The fourth-order valence-corrected chi connectivity index (χ4v) is 3.46. The van der Waals surface area contributed by atoms with Crippen molar-refractivity contribution in [3.8, 4) is 0 Å². The number of nitrogens with one attached hydrogen (secondary N) is 1. The largest absolute Gasteiger partial charge is 0.394 e. The summed E-state index contributed by atoms with van der Waals surface area (Å²) in [5, 5.41) is 32.8. The van der Waals surface area contributed by atoms with Crippen molar-refractivity contribution in [3.05, 3.63) is 36.2 Å². The molecule has 0 saturated carbocycles. The number of rotatable bonds is 6. The van der Waals surface area contributed by atoms with E-state index in [-0.39, 0.29) is 11.8 Å². The molecule has 1 fully saturated rings. The van der Waals surface area contributed by atoms with Gasteiger partial charge in [0.05, 0.1) is 12.9 Å². The van der Waals surface area contributed by atoms with Crippen molar-refractivity contribution in [3.63, 3.8) is 0 Å². The van der Waals surface area contributed by atoms with Crippen LogP contribution in [0.4, 0.5) is 17.5 Å². The maximum atomic E-state index is 10.3. The van der Waals surface area contributed by atoms with E-state index < -0.39 is 31.1 Å². The molecule has 10 heteroatoms. The maximum Gasteiger partial charge on any atom is 0.231 e. The molecule has 29 heavy (non-hydrogen) atoms. The van der Waals surface area contributed by atoms with E-state index in [4.69, 9.17) is 10.5 Å². The zero-order chi connectivity index (χ0) is 20.5. The van der Waals surface area contributed by atoms with Crippen molar-refractivity contribution in [2.75, 3.05) is 17.7 Å². The maximum absolute atomic E-state index is 10.3. The number of hydrogen-bond donors (Lipinski definition) is 5. The summed E-state index contributed by atoms with van der Waals surface area (Å²) in [4.78, 5) is 12.9. The van der Waals surface area contributed by atoms with Crippen LogP contribution in [0, 0.1) is 0 Å². The van der Waals surface area contributed by atoms with Gasteiger partial charge in [-0.25, -0.2) is 4.98 Å². The SMILES string of the molecule is CCCc1ccc(Nc2nc(N)c3ncn([C@@H]4O[C@H](CO)C(O)C4O)c3n2)cc1. The highest BCUT2D eigenvalue weighted by Crippen LogP contribution is 2.32. The Kier molecular flexibility index (Phi) is 5.33. The number of nitrogen functional groups attached to an aromatic ring is 1. The van der Waals surface area contributed by atoms with Gasteiger partial charge >= 0.3 is 0 Å². The molecule has 0 radical (unpaired) electrons. The van der Waals surface area contributed by atoms with E-state index in [1.54, 1.807) is 0 Å². The van der Waals surface area contributed by atoms with E-state index in [9.17, 15) is 15.3 Å². The number of imidazole rings is 1. The number of aryl methyl sites for hydroxylation is 1. The van der Waals surface area contributed by atoms with Crippen molar-refractivity contribution >= 4 is 28.6 Å². The van der Waals surface area contributed by atoms with Crippen LogP contribution in [0.5, 0.6) is 0 Å². The minimum Gasteiger partial charge on any atom is -0.394 e. The third-order valence-corrected chi connectivity index (χ3v) is 4.99. The van der Waals surface area contributed by atoms with Crippen LogP contribution in [0.15, 0.2) is 30.6 Å². The summed E-state index contributed by atoms with van der Waals surface area (Å²) in [6, 6.07) is 7.96. The molecule has 2 aromatic heterocycles. The van der Waals surface area contributed by atoms with Gasteiger partial charge in [0.25, 0.3) is 0 Å². The van der Waals surface area contributed by atoms with Crippen molar-refractivity contribution in [1.82, 2.24) is 19.5 Å². The average Bonchev–Trinajstić information content (AvgIpc) is 3.25. The molecule has 6 N–H and O–H groups in total. The summed E-state index contributed by atoms with van der Waals surface area (Å²) in [5.74, 6) is 0.442. The van der Waals surface area contributed by atoms with Crippen LogP contribution in [-0.4, -0.2) is 59.8 Å². The number of ether oxygens (including phenoxy) is 1. The Bertz CT molecular complexity index is 992. The molecule has 2 unspecified atom stereocenters. The highest BCUT2D eigenvalue weighted by atomic mass is 16.6. The first-order chi connectivity index (χ1) is 14.0. The quantitative estimate of drug-likeness (QED) is 0.403. The average molecular weight is 400 g/mol. The minimum absolute atomic E-state index is 0.172. The van der Waals surface area contributed by atoms with E-state index in [0.717, 1.165) is 18.5 Å². The first kappa shape index (κ1) is 19.5. The Balaban J connectivity index is 1.65. The smallest absolute Gasteiger partial charge is 0.231 e. The minimum atomic E-state index is -1.25. The molecule has 4 atom stereocenters. The fraction of sp³-hybridized carbons (Fsp3) is 0.421. The van der Waals surface area contributed by atoms with E-state index in [1.807, 2.05) is 24.3 Å². The Morgan fingerprint density at radius 2 is 1.93 bits per heavy atom. The van der Waals surface area contributed by atoms with E-state index in [0.29, 0.717) is 11.2 Å². The molecule has 1 aromatic carbocycles. The Hall–Kier alpha value is -2.79. The van der Waals surface area contributed by atoms with E-state index >= 15 is 0 Å². The molecule has 154 valence electrons. The number of hydrogen-bond acceptors (Lipinski definition) is 9. The number of anilines is 3. The van der Waals surface area contributed by atoms with Crippen molar-refractivity contribution in [2.45, 2.75) is 44.3 Å². The lowest BCUT2D eigenvalue weighted by Gasteiger charge is -2.17. The topological polar surface area (TPSA) is 152 Å². The number of nitrogens with zero attached hydrogens (tertiary/aromatic N) is 4. The fourth-order valence-electron chi connectivity index (χ4n) is 3.46. The normalized spacial score (nSPS) is 24.3. The van der Waals surface area contributed by atoms with Crippen LogP contribution in [0.2, 0.25) is 0 Å². The van der Waals surface area contributed by atoms with Crippen LogP contribution in [0.1, 0.15) is 25.1 Å². The third-order valence-electron chi connectivity index (χ3n) is 4.99. The Morgan fingerprint density at radius 1 is 1.17 bits per heavy atom. The monoisotopic (exact) mass is 400 g/mol. The molecule has 1 saturated heterocycles. The molecule has 3 heterocycles. The lowest BCUT2D eigenvalue weighted by atomic mass is 10.1. The molecule has 0 spiro atoms. The number of aromatic nitrogens is 4. The lowest BCUT2D eigenvalue weighted by molar-refractivity contribution is -0.0511. The first-order valence-corrected chi connectivity index (χ1v) is 9.50. The number of benzene rings is 1. The Labute approximate surface area is 167 Å². The van der Waals surface area contributed by atoms with Crippen LogP contribution in [0.3, 0.4) is 0 Å². The predicted molar refractivity (Wildman–Crippen MR) is 106 cm³/mol. The first-order valence-electron chi connectivity index (χ1n) is 9.50. The molecule has 10 nitrogen and oxygen atoms in total. The summed E-state index contributed by atoms with van der Waals surface area (Å²) in [7, 11) is 0. The van der Waals surface area contributed by atoms with Crippen molar-refractivity contribution in [1.29, 1.82) is 0 Å². The third kappa shape index (κ3) is 3.62. The number of aliphatic hydroxyl groups excluding tert-OH is 3. The lowest BCUT2D eigenvalue weighted by Crippen LogP contribution is -2.33. The molecule has 0 bridgehead atoms. The van der Waals surface area contributed by atoms with Gasteiger partial charge in [0.1, 0.15) is 23.8 Å². The molecule has 4 rings (SSSR count). The van der Waals surface area contributed by atoms with Gasteiger partial charge in [-0.15, -0.1) is 0 Å². The number of nitrogens with two attached hydrogens (primary N) is 1. The van der Waals surface area contributed by atoms with Gasteiger partial charge in [0.15, 0.2) is 17.7 Å². The predicted octanol–water partition coefficient (Wildman–Crippen LogP) is 0.716. The van der Waals surface area contributed by atoms with Crippen LogP contribution < -0.4 is 11.1 Å². The van der Waals surface area contributed by atoms with Gasteiger partial charge in [-0.05, 0) is 24.1 Å². The standard InChI is InChI=1S/C19H24N6O4/c1-2-3-10-4-6-11(7-5-10)22-19-23-16(20)13-17(24-19)25(9-21-13)18-15(28)14(27)12(8-26)29-18/h4-7,9,12,14-15,18,26-28H,2-3,8H2,1H3,(H3,20,22,23,24)/t12-,14?,15?,18-/m1/s1. The van der Waals surface area contributed by atoms with Gasteiger partial charge in [0.2, 0.25) is 5.95 Å². The summed E-state index contributed by atoms with van der Waals surface area (Å²) < 4.78 is 7.05. The zero-order valence-corrected chi connectivity index (χ0v) is 15.9. The van der Waals surface area contributed by atoms with E-state index in [1.165, 1.54) is 16.5 Å². The highest BCUT2D eigenvalue weighted by Gasteiger charge is 2.44. The van der Waals surface area contributed by atoms with Gasteiger partial charge in [-0.2, -0.15) is 9.97 Å². The summed E-state index contributed by atoms with van der Waals surface area (Å²) in [6.45, 7) is 1.72. The second kappa shape index (κ2) is 7.91. The zero-order valence-electron chi connectivity index (χ0n) is 15.9. The van der Waals surface area contributed by atoms with Crippen LogP contribution in [0.25, 0.3) is 11.2 Å². The molecule has 0 amide bonds. The van der Waals surface area contributed by atoms with Crippen molar-refractivity contribution < 1.29 is 20.1 Å². The van der Waals surface area contributed by atoms with Crippen LogP contribution >= 0.6 is 0 Å². The number of aliphatic hydroxyl groups is 3. The van der Waals surface area contributed by atoms with Crippen molar-refractivity contribution in [2.24, 2.45) is 0 Å². The molecule has 1 aliphatic rings. The second-order valence-corrected chi connectivity index (χ2v) is 7.06. The Morgan fingerprint density at radius 3 is 2.59 bits per heavy atom. The second-order valence-electron chi connectivity index (χ2n) is 7.06. The number of fused-ring (bicyclic) bond motifs is 1. The van der Waals surface area contributed by atoms with Gasteiger partial charge in [-0.3, -0.25) is 4.57 Å². The summed E-state index contributed by atoms with van der Waals surface area (Å²) in [6.07, 6.45) is -0.815. The summed E-state index contributed by atoms with van der Waals surface area (Å²) >= 11 is 0. The van der Waals surface area contributed by atoms with E-state index in [2.05, 4.69) is 27.2 Å². The van der Waals surface area contributed by atoms with Gasteiger partial charge < -0.3 is 31.1 Å². The molecular formula is C19H24N6O4. The van der Waals surface area contributed by atoms with Gasteiger partial charge in [-0.1, -0.05) is 25.5 Å². The summed E-state index contributed by atoms with van der Waals surface area (Å²) in [5.41, 5.74) is 8.79. The molecule has 1 aliphatic heterocycles. The van der Waals surface area contributed by atoms with Crippen LogP contribution in [-0.2, 0) is 11.2 Å². The molecule has 0 aliphatic carbocycles. The molecule has 3 aromatic rings. The van der Waals surface area contributed by atoms with Gasteiger partial charge in [0, 0.05) is 5.69 Å².